The molecule has 1 N–H and O–H groups in total. The number of halogens is 3. The van der Waals surface area contributed by atoms with Crippen LogP contribution in [0.2, 0.25) is 5.02 Å². The molecule has 4 aromatic rings. The Bertz CT molecular complexity index is 1430. The van der Waals surface area contributed by atoms with Gasteiger partial charge in [-0.2, -0.15) is 0 Å². The summed E-state index contributed by atoms with van der Waals surface area (Å²) in [7, 11) is -4.54. The molecule has 31 heavy (non-hydrogen) atoms. The van der Waals surface area contributed by atoms with Gasteiger partial charge in [0.25, 0.3) is 10.9 Å². The van der Waals surface area contributed by atoms with Gasteiger partial charge in [-0.05, 0) is 54.8 Å². The molecule has 6 nitrogen and oxygen atoms in total. The number of nitrogens with zero attached hydrogens (tertiary/aromatic N) is 2. The van der Waals surface area contributed by atoms with E-state index in [4.69, 9.17) is 16.0 Å². The van der Waals surface area contributed by atoms with E-state index in [1.54, 1.807) is 24.3 Å². The molecule has 10 heteroatoms. The summed E-state index contributed by atoms with van der Waals surface area (Å²) in [4.78, 5) is 3.10. The molecule has 0 bridgehead atoms. The third-order valence-electron chi connectivity index (χ3n) is 5.70. The normalized spacial score (nSPS) is 18.3. The molecule has 2 aromatic carbocycles. The van der Waals surface area contributed by atoms with Crippen LogP contribution >= 0.6 is 27.5 Å². The molecule has 5 rings (SSSR count). The fourth-order valence-corrected chi connectivity index (χ4v) is 6.78. The number of aromatic amines is 1. The maximum Gasteiger partial charge on any atom is 0.294 e. The molecule has 0 amide bonds. The topological polar surface area (TPSA) is 88.9 Å². The highest BCUT2D eigenvalue weighted by atomic mass is 79.9. The van der Waals surface area contributed by atoms with E-state index in [2.05, 4.69) is 31.1 Å². The Morgan fingerprint density at radius 2 is 2.03 bits per heavy atom. The molecular formula is C21H16BrClFN3O3S. The Kier molecular flexibility index (Phi) is 4.76. The maximum absolute atomic E-state index is 16.9. The van der Waals surface area contributed by atoms with Gasteiger partial charge in [0, 0.05) is 38.9 Å². The first-order valence-electron chi connectivity index (χ1n) is 9.49. The van der Waals surface area contributed by atoms with Gasteiger partial charge in [0.05, 0.1) is 4.90 Å². The van der Waals surface area contributed by atoms with E-state index in [1.165, 1.54) is 19.1 Å². The Morgan fingerprint density at radius 1 is 1.23 bits per heavy atom. The summed E-state index contributed by atoms with van der Waals surface area (Å²) in [5, 5.41) is 5.98. The number of alkyl halides is 1. The second-order valence-electron chi connectivity index (χ2n) is 7.61. The molecule has 2 heterocycles. The van der Waals surface area contributed by atoms with Crippen LogP contribution in [0.1, 0.15) is 23.0 Å². The second-order valence-corrected chi connectivity index (χ2v) is 11.0. The summed E-state index contributed by atoms with van der Waals surface area (Å²) in [6.07, 6.45) is 0.355. The number of nitrogens with one attached hydrogen (secondary N) is 1. The number of sulfone groups is 1. The zero-order valence-electron chi connectivity index (χ0n) is 16.2. The van der Waals surface area contributed by atoms with Crippen molar-refractivity contribution in [2.45, 2.75) is 29.7 Å². The van der Waals surface area contributed by atoms with Crippen molar-refractivity contribution < 1.29 is 17.2 Å². The highest BCUT2D eigenvalue weighted by Gasteiger charge is 2.59. The van der Waals surface area contributed by atoms with E-state index < -0.39 is 26.6 Å². The zero-order valence-corrected chi connectivity index (χ0v) is 19.4. The van der Waals surface area contributed by atoms with Gasteiger partial charge in [-0.15, -0.1) is 10.2 Å². The van der Waals surface area contributed by atoms with E-state index in [0.717, 1.165) is 22.2 Å². The van der Waals surface area contributed by atoms with Crippen LogP contribution < -0.4 is 0 Å². The van der Waals surface area contributed by atoms with Crippen molar-refractivity contribution in [3.63, 3.8) is 0 Å². The smallest absolute Gasteiger partial charge is 0.294 e. The minimum absolute atomic E-state index is 0.0928. The van der Waals surface area contributed by atoms with Crippen molar-refractivity contribution in [1.29, 1.82) is 0 Å². The van der Waals surface area contributed by atoms with Gasteiger partial charge in [0.2, 0.25) is 15.7 Å². The number of hydrogen-bond acceptors (Lipinski definition) is 5. The molecule has 0 spiro atoms. The predicted octanol–water partition coefficient (Wildman–Crippen LogP) is 5.29. The van der Waals surface area contributed by atoms with Gasteiger partial charge in [-0.3, -0.25) is 0 Å². The van der Waals surface area contributed by atoms with E-state index >= 15 is 4.39 Å². The van der Waals surface area contributed by atoms with Crippen LogP contribution in [-0.4, -0.2) is 23.6 Å². The number of aromatic nitrogens is 3. The molecule has 160 valence electrons. The summed E-state index contributed by atoms with van der Waals surface area (Å²) < 4.78 is 50.1. The van der Waals surface area contributed by atoms with Crippen LogP contribution in [0.15, 0.2) is 56.2 Å². The Hall–Kier alpha value is -2.23. The van der Waals surface area contributed by atoms with E-state index in [0.29, 0.717) is 9.50 Å². The van der Waals surface area contributed by atoms with Crippen LogP contribution in [-0.2, 0) is 27.7 Å². The van der Waals surface area contributed by atoms with E-state index in [1.807, 2.05) is 6.07 Å². The third kappa shape index (κ3) is 3.13. The van der Waals surface area contributed by atoms with Gasteiger partial charge in [-0.1, -0.05) is 33.6 Å². The number of aryl methyl sites for hydroxylation is 1. The lowest BCUT2D eigenvalue weighted by atomic mass is 9.98. The molecular weight excluding hydrogens is 509 g/mol. The van der Waals surface area contributed by atoms with E-state index in [-0.39, 0.29) is 23.6 Å². The molecule has 1 aliphatic carbocycles. The highest BCUT2D eigenvalue weighted by molar-refractivity contribution is 9.10. The molecule has 0 saturated heterocycles. The van der Waals surface area contributed by atoms with Gasteiger partial charge in [0.15, 0.2) is 0 Å². The fourth-order valence-electron chi connectivity index (χ4n) is 4.26. The quantitative estimate of drug-likeness (QED) is 0.392. The molecule has 0 saturated carbocycles. The Labute approximate surface area is 190 Å². The first kappa shape index (κ1) is 20.7. The summed E-state index contributed by atoms with van der Waals surface area (Å²) >= 11 is 9.41. The number of fused-ring (bicyclic) bond motifs is 3. The molecule has 0 radical (unpaired) electrons. The van der Waals surface area contributed by atoms with Crippen LogP contribution in [0.4, 0.5) is 4.39 Å². The summed E-state index contributed by atoms with van der Waals surface area (Å²) in [5.41, 5.74) is 2.51. The predicted molar refractivity (Wildman–Crippen MR) is 117 cm³/mol. The maximum atomic E-state index is 16.9. The Morgan fingerprint density at radius 3 is 2.74 bits per heavy atom. The first-order valence-corrected chi connectivity index (χ1v) is 12.1. The lowest BCUT2D eigenvalue weighted by Gasteiger charge is -2.28. The minimum atomic E-state index is -4.54. The molecule has 2 aromatic heterocycles. The molecule has 1 aliphatic rings. The van der Waals surface area contributed by atoms with Crippen LogP contribution in [0.3, 0.4) is 0 Å². The van der Waals surface area contributed by atoms with Gasteiger partial charge in [0.1, 0.15) is 0 Å². The summed E-state index contributed by atoms with van der Waals surface area (Å²) in [6.45, 7) is 1.50. The number of H-pyrrole nitrogens is 1. The van der Waals surface area contributed by atoms with Crippen LogP contribution in [0, 0.1) is 12.8 Å². The fraction of sp³-hybridized carbons (Fsp3) is 0.238. The number of hydrogen-bond donors (Lipinski definition) is 1. The average Bonchev–Trinajstić information content (AvgIpc) is 3.42. The van der Waals surface area contributed by atoms with Gasteiger partial charge < -0.3 is 9.40 Å². The van der Waals surface area contributed by atoms with Gasteiger partial charge >= 0.3 is 0 Å². The van der Waals surface area contributed by atoms with Crippen molar-refractivity contribution in [3.05, 3.63) is 75.0 Å². The SMILES string of the molecule is Cc1nnc(C(F)(C2Cc3[nH]c4ccc(Cl)cc4c3C2)S(=O)(=O)c2cccc(Br)c2)o1. The molecule has 2 atom stereocenters. The largest absolute Gasteiger partial charge is 0.421 e. The molecule has 0 aliphatic heterocycles. The molecule has 2 unspecified atom stereocenters. The van der Waals surface area contributed by atoms with Crippen LogP contribution in [0.25, 0.3) is 10.9 Å². The van der Waals surface area contributed by atoms with Crippen molar-refractivity contribution >= 4 is 48.3 Å². The standard InChI is InChI=1S/C21H16BrClFN3O3S/c1-11-26-27-20(30-11)21(24,31(28,29)15-4-2-3-13(22)9-15)12-7-16-17-10-14(23)5-6-18(17)25-19(16)8-12/h2-6,9-10,12,25H,7-8H2,1H3. The zero-order chi connectivity index (χ0) is 22.0. The van der Waals surface area contributed by atoms with Crippen molar-refractivity contribution in [1.82, 2.24) is 15.2 Å². The Balaban J connectivity index is 1.66. The lowest BCUT2D eigenvalue weighted by molar-refractivity contribution is 0.137. The monoisotopic (exact) mass is 523 g/mol. The van der Waals surface area contributed by atoms with Crippen LogP contribution in [0.5, 0.6) is 0 Å². The summed E-state index contributed by atoms with van der Waals surface area (Å²) in [6, 6.07) is 11.4. The van der Waals surface area contributed by atoms with E-state index in [9.17, 15) is 8.42 Å². The summed E-state index contributed by atoms with van der Waals surface area (Å²) in [5.74, 6) is -1.42. The average molecular weight is 525 g/mol. The number of rotatable bonds is 4. The lowest BCUT2D eigenvalue weighted by Crippen LogP contribution is -2.40. The number of benzene rings is 2. The van der Waals surface area contributed by atoms with Crippen molar-refractivity contribution in [2.75, 3.05) is 0 Å². The van der Waals surface area contributed by atoms with Gasteiger partial charge in [-0.25, -0.2) is 12.8 Å². The van der Waals surface area contributed by atoms with Crippen molar-refractivity contribution in [2.24, 2.45) is 5.92 Å². The second kappa shape index (κ2) is 7.15. The minimum Gasteiger partial charge on any atom is -0.421 e. The van der Waals surface area contributed by atoms with Crippen molar-refractivity contribution in [3.8, 4) is 0 Å². The highest BCUT2D eigenvalue weighted by Crippen LogP contribution is 2.49. The molecule has 0 fully saturated rings. The third-order valence-corrected chi connectivity index (χ3v) is 8.59. The first-order chi connectivity index (χ1) is 14.7.